The van der Waals surface area contributed by atoms with Crippen LogP contribution < -0.4 is 15.0 Å². The van der Waals surface area contributed by atoms with Gasteiger partial charge in [0.2, 0.25) is 0 Å². The van der Waals surface area contributed by atoms with Crippen molar-refractivity contribution in [2.75, 3.05) is 13.7 Å². The van der Waals surface area contributed by atoms with Gasteiger partial charge >= 0.3 is 5.97 Å². The molecule has 0 radical (unpaired) electrons. The van der Waals surface area contributed by atoms with Gasteiger partial charge in [-0.2, -0.15) is 9.78 Å². The van der Waals surface area contributed by atoms with Crippen molar-refractivity contribution in [1.29, 1.82) is 0 Å². The Bertz CT molecular complexity index is 1310. The van der Waals surface area contributed by atoms with E-state index < -0.39 is 12.1 Å². The fourth-order valence-electron chi connectivity index (χ4n) is 3.21. The van der Waals surface area contributed by atoms with E-state index in [2.05, 4.69) is 48.6 Å². The summed E-state index contributed by atoms with van der Waals surface area (Å²) < 4.78 is 19.1. The number of carbonyl (C=O) groups excluding carboxylic acids is 1. The van der Waals surface area contributed by atoms with Crippen LogP contribution in [-0.4, -0.2) is 41.7 Å². The number of fused-ring (bicyclic) bond motifs is 1. The molecule has 3 aromatic rings. The number of ether oxygens (including phenoxy) is 3. The molecule has 0 saturated heterocycles. The number of halogens is 2. The molecule has 0 amide bonds. The number of hydrogen-bond donors (Lipinski definition) is 0. The van der Waals surface area contributed by atoms with E-state index in [9.17, 15) is 9.59 Å². The van der Waals surface area contributed by atoms with Gasteiger partial charge in [0.25, 0.3) is 5.56 Å². The molecule has 8 nitrogen and oxygen atoms in total. The van der Waals surface area contributed by atoms with Crippen LogP contribution in [0.2, 0.25) is 0 Å². The van der Waals surface area contributed by atoms with E-state index in [1.54, 1.807) is 25.3 Å². The molecule has 0 saturated carbocycles. The number of hydrogen-bond acceptors (Lipinski definition) is 7. The molecule has 0 spiro atoms. The Kier molecular flexibility index (Phi) is 8.69. The summed E-state index contributed by atoms with van der Waals surface area (Å²) in [5, 5.41) is 4.95. The Morgan fingerprint density at radius 1 is 1.26 bits per heavy atom. The van der Waals surface area contributed by atoms with Crippen molar-refractivity contribution in [3.8, 4) is 11.5 Å². The quantitative estimate of drug-likeness (QED) is 0.193. The molecular weight excluding hydrogens is 617 g/mol. The third-order valence-corrected chi connectivity index (χ3v) is 6.13. The normalized spacial score (nSPS) is 12.4. The molecule has 1 atom stereocenters. The van der Waals surface area contributed by atoms with Crippen molar-refractivity contribution in [2.24, 2.45) is 5.10 Å². The lowest BCUT2D eigenvalue weighted by Crippen LogP contribution is -2.25. The van der Waals surface area contributed by atoms with E-state index in [1.165, 1.54) is 11.8 Å². The number of methoxy groups -OCH3 is 1. The van der Waals surface area contributed by atoms with E-state index in [0.29, 0.717) is 40.4 Å². The molecule has 1 heterocycles. The zero-order valence-electron chi connectivity index (χ0n) is 19.5. The third-order valence-electron chi connectivity index (χ3n) is 4.83. The van der Waals surface area contributed by atoms with Crippen LogP contribution in [0.15, 0.2) is 44.7 Å². The molecule has 0 bridgehead atoms. The van der Waals surface area contributed by atoms with Crippen LogP contribution in [0, 0.1) is 3.57 Å². The van der Waals surface area contributed by atoms with Crippen LogP contribution in [-0.2, 0) is 9.53 Å². The van der Waals surface area contributed by atoms with Gasteiger partial charge < -0.3 is 14.2 Å². The Morgan fingerprint density at radius 2 is 2.00 bits per heavy atom. The summed E-state index contributed by atoms with van der Waals surface area (Å²) in [6.45, 7) is 7.79. The van der Waals surface area contributed by atoms with E-state index in [4.69, 9.17) is 14.2 Å². The summed E-state index contributed by atoms with van der Waals surface area (Å²) in [4.78, 5) is 29.7. The Labute approximate surface area is 219 Å². The smallest absolute Gasteiger partial charge is 0.346 e. The molecule has 1 aromatic heterocycles. The van der Waals surface area contributed by atoms with Crippen LogP contribution in [0.1, 0.15) is 45.0 Å². The van der Waals surface area contributed by atoms with Crippen molar-refractivity contribution in [2.45, 2.75) is 39.7 Å². The van der Waals surface area contributed by atoms with Crippen LogP contribution in [0.5, 0.6) is 11.5 Å². The van der Waals surface area contributed by atoms with Gasteiger partial charge in [0.15, 0.2) is 17.6 Å². The third kappa shape index (κ3) is 5.77. The average Bonchev–Trinajstić information content (AvgIpc) is 2.80. The molecule has 0 unspecified atom stereocenters. The van der Waals surface area contributed by atoms with E-state index >= 15 is 0 Å². The molecule has 2 aromatic carbocycles. The largest absolute Gasteiger partial charge is 0.490 e. The van der Waals surface area contributed by atoms with Gasteiger partial charge in [0.1, 0.15) is 5.82 Å². The summed E-state index contributed by atoms with van der Waals surface area (Å²) in [5.74, 6) is 0.952. The van der Waals surface area contributed by atoms with Crippen molar-refractivity contribution in [3.05, 3.63) is 60.1 Å². The van der Waals surface area contributed by atoms with Crippen molar-refractivity contribution < 1.29 is 19.0 Å². The fraction of sp³-hybridized carbons (Fsp3) is 0.333. The topological polar surface area (TPSA) is 92.0 Å². The van der Waals surface area contributed by atoms with Gasteiger partial charge in [0, 0.05) is 10.4 Å². The summed E-state index contributed by atoms with van der Waals surface area (Å²) in [6, 6.07) is 8.99. The van der Waals surface area contributed by atoms with E-state index in [0.717, 1.165) is 8.04 Å². The van der Waals surface area contributed by atoms with Crippen molar-refractivity contribution in [1.82, 2.24) is 9.66 Å². The summed E-state index contributed by atoms with van der Waals surface area (Å²) in [5.41, 5.74) is 1.07. The highest BCUT2D eigenvalue weighted by atomic mass is 127. The number of esters is 1. The summed E-state index contributed by atoms with van der Waals surface area (Å²) in [7, 11) is 1.31. The number of rotatable bonds is 8. The Balaban J connectivity index is 2.07. The first-order valence-electron chi connectivity index (χ1n) is 10.6. The molecule has 0 fully saturated rings. The lowest BCUT2D eigenvalue weighted by atomic mass is 10.2. The second kappa shape index (κ2) is 11.3. The minimum atomic E-state index is -0.799. The molecule has 180 valence electrons. The van der Waals surface area contributed by atoms with Gasteiger partial charge in [-0.05, 0) is 72.3 Å². The zero-order valence-corrected chi connectivity index (χ0v) is 23.2. The Hall–Kier alpha value is -2.47. The predicted molar refractivity (Wildman–Crippen MR) is 143 cm³/mol. The van der Waals surface area contributed by atoms with Gasteiger partial charge in [-0.1, -0.05) is 29.8 Å². The van der Waals surface area contributed by atoms with Gasteiger partial charge in [0.05, 0.1) is 34.4 Å². The minimum Gasteiger partial charge on any atom is -0.490 e. The average molecular weight is 642 g/mol. The number of aromatic nitrogens is 2. The number of carbonyl (C=O) groups is 1. The maximum Gasteiger partial charge on any atom is 0.346 e. The van der Waals surface area contributed by atoms with Crippen LogP contribution >= 0.6 is 38.5 Å². The predicted octanol–water partition coefficient (Wildman–Crippen LogP) is 5.11. The first-order valence-corrected chi connectivity index (χ1v) is 12.5. The summed E-state index contributed by atoms with van der Waals surface area (Å²) >= 11 is 5.52. The number of nitrogens with zero attached hydrogens (tertiary/aromatic N) is 3. The van der Waals surface area contributed by atoms with Crippen LogP contribution in [0.4, 0.5) is 0 Å². The maximum absolute atomic E-state index is 13.2. The minimum absolute atomic E-state index is 0.0207. The highest BCUT2D eigenvalue weighted by Gasteiger charge is 2.20. The van der Waals surface area contributed by atoms with Crippen molar-refractivity contribution >= 4 is 61.6 Å². The molecule has 0 aliphatic carbocycles. The van der Waals surface area contributed by atoms with Gasteiger partial charge in [-0.15, -0.1) is 0 Å². The van der Waals surface area contributed by atoms with Crippen LogP contribution in [0.3, 0.4) is 0 Å². The molecule has 10 heteroatoms. The van der Waals surface area contributed by atoms with E-state index in [-0.39, 0.29) is 11.5 Å². The SMILES string of the molecule is CCOc1cc(C=Nn2c(C(C)C)nc3ccc(Br)cc3c2=O)cc(I)c1O[C@H](C)C(=O)OC. The highest BCUT2D eigenvalue weighted by molar-refractivity contribution is 14.1. The maximum atomic E-state index is 13.2. The second-order valence-electron chi connectivity index (χ2n) is 7.69. The molecule has 0 aliphatic heterocycles. The first kappa shape index (κ1) is 26.1. The molecular formula is C24H25BrIN3O5. The molecule has 0 aliphatic rings. The van der Waals surface area contributed by atoms with Crippen LogP contribution in [0.25, 0.3) is 10.9 Å². The molecule has 0 N–H and O–H groups in total. The Morgan fingerprint density at radius 3 is 2.65 bits per heavy atom. The lowest BCUT2D eigenvalue weighted by molar-refractivity contribution is -0.148. The zero-order chi connectivity index (χ0) is 25.0. The highest BCUT2D eigenvalue weighted by Crippen LogP contribution is 2.35. The second-order valence-corrected chi connectivity index (χ2v) is 9.77. The monoisotopic (exact) mass is 641 g/mol. The lowest BCUT2D eigenvalue weighted by Gasteiger charge is -2.18. The van der Waals surface area contributed by atoms with Crippen molar-refractivity contribution in [3.63, 3.8) is 0 Å². The van der Waals surface area contributed by atoms with E-state index in [1.807, 2.05) is 39.0 Å². The standard InChI is InChI=1S/C24H25BrIN3O5/c1-6-33-20-10-15(9-18(26)21(20)34-14(4)24(31)32-5)12-27-29-22(13(2)3)28-19-8-7-16(25)11-17(19)23(29)30/h7-14H,6H2,1-5H3/t14-/m1/s1. The fourth-order valence-corrected chi connectivity index (χ4v) is 4.32. The summed E-state index contributed by atoms with van der Waals surface area (Å²) in [6.07, 6.45) is 0.782. The molecule has 34 heavy (non-hydrogen) atoms. The molecule has 3 rings (SSSR count). The first-order chi connectivity index (χ1) is 16.2. The van der Waals surface area contributed by atoms with Gasteiger partial charge in [-0.3, -0.25) is 4.79 Å². The van der Waals surface area contributed by atoms with Gasteiger partial charge in [-0.25, -0.2) is 9.78 Å². The number of benzene rings is 2.